The molecule has 4 heterocycles. The van der Waals surface area contributed by atoms with E-state index < -0.39 is 21.8 Å². The van der Waals surface area contributed by atoms with Crippen molar-refractivity contribution >= 4 is 55.9 Å². The van der Waals surface area contributed by atoms with Gasteiger partial charge in [0.25, 0.3) is 10.0 Å². The van der Waals surface area contributed by atoms with Crippen LogP contribution in [0.1, 0.15) is 30.4 Å². The lowest BCUT2D eigenvalue weighted by Gasteiger charge is -2.31. The van der Waals surface area contributed by atoms with Crippen molar-refractivity contribution in [1.29, 1.82) is 0 Å². The van der Waals surface area contributed by atoms with E-state index in [-0.39, 0.29) is 4.21 Å². The lowest BCUT2D eigenvalue weighted by Crippen LogP contribution is -2.41. The van der Waals surface area contributed by atoms with E-state index in [1.54, 1.807) is 41.0 Å². The second kappa shape index (κ2) is 11.3. The molecule has 1 aromatic carbocycles. The van der Waals surface area contributed by atoms with E-state index in [0.717, 1.165) is 50.9 Å². The zero-order valence-corrected chi connectivity index (χ0v) is 22.8. The molecule has 2 aliphatic heterocycles. The number of anilines is 2. The first-order chi connectivity index (χ1) is 17.9. The van der Waals surface area contributed by atoms with E-state index in [9.17, 15) is 18.0 Å². The molecule has 37 heavy (non-hydrogen) atoms. The van der Waals surface area contributed by atoms with E-state index in [1.165, 1.54) is 21.2 Å². The van der Waals surface area contributed by atoms with Crippen molar-refractivity contribution in [2.24, 2.45) is 5.92 Å². The van der Waals surface area contributed by atoms with Crippen molar-refractivity contribution in [3.05, 3.63) is 63.7 Å². The molecule has 2 aromatic heterocycles. The Morgan fingerprint density at radius 1 is 1.03 bits per heavy atom. The highest BCUT2D eigenvalue weighted by atomic mass is 32.2. The summed E-state index contributed by atoms with van der Waals surface area (Å²) in [7, 11) is -3.68. The number of piperidine rings is 1. The minimum absolute atomic E-state index is 0.284. The monoisotopic (exact) mass is 558 g/mol. The Balaban J connectivity index is 1.15. The van der Waals surface area contributed by atoms with Gasteiger partial charge in [-0.15, -0.1) is 11.3 Å². The molecule has 2 amide bonds. The van der Waals surface area contributed by atoms with Gasteiger partial charge in [-0.05, 0) is 96.2 Å². The molecule has 196 valence electrons. The Kier molecular flexibility index (Phi) is 7.94. The van der Waals surface area contributed by atoms with Crippen LogP contribution in [0.2, 0.25) is 0 Å². The van der Waals surface area contributed by atoms with Gasteiger partial charge in [-0.1, -0.05) is 12.1 Å². The van der Waals surface area contributed by atoms with Gasteiger partial charge < -0.3 is 10.6 Å². The smallest absolute Gasteiger partial charge is 0.313 e. The third-order valence-electron chi connectivity index (χ3n) is 6.91. The Morgan fingerprint density at radius 3 is 2.59 bits per heavy atom. The summed E-state index contributed by atoms with van der Waals surface area (Å²) in [5.74, 6) is -1.09. The largest absolute Gasteiger partial charge is 0.348 e. The fourth-order valence-electron chi connectivity index (χ4n) is 4.88. The number of rotatable bonds is 7. The molecular weight excluding hydrogens is 529 g/mol. The molecule has 0 bridgehead atoms. The minimum atomic E-state index is -3.68. The van der Waals surface area contributed by atoms with Crippen molar-refractivity contribution in [1.82, 2.24) is 10.2 Å². The first-order valence-corrected chi connectivity index (χ1v) is 15.7. The van der Waals surface area contributed by atoms with E-state index in [0.29, 0.717) is 30.4 Å². The second-order valence-electron chi connectivity index (χ2n) is 9.47. The Hall–Kier alpha value is -2.73. The maximum absolute atomic E-state index is 13.2. The molecule has 0 radical (unpaired) electrons. The predicted molar refractivity (Wildman–Crippen MR) is 148 cm³/mol. The molecule has 1 fully saturated rings. The maximum Gasteiger partial charge on any atom is 0.313 e. The van der Waals surface area contributed by atoms with Crippen LogP contribution in [-0.4, -0.2) is 51.3 Å². The molecule has 2 N–H and O–H groups in total. The summed E-state index contributed by atoms with van der Waals surface area (Å²) in [6.07, 6.45) is 3.43. The molecule has 0 aliphatic carbocycles. The van der Waals surface area contributed by atoms with Crippen LogP contribution in [0.4, 0.5) is 11.4 Å². The number of likely N-dealkylation sites (tertiary alicyclic amines) is 1. The summed E-state index contributed by atoms with van der Waals surface area (Å²) >= 11 is 2.89. The number of nitrogens with one attached hydrogen (secondary N) is 2. The van der Waals surface area contributed by atoms with Crippen LogP contribution in [-0.2, 0) is 32.6 Å². The number of aryl methyl sites for hydroxylation is 1. The SMILES string of the molecule is O=C(NCC1CCN(Cc2ccsc2)CC1)C(=O)Nc1ccc2c(c1)N(S(=O)(=O)c1cccs1)CCC2. The summed E-state index contributed by atoms with van der Waals surface area (Å²) in [6.45, 7) is 3.75. The van der Waals surface area contributed by atoms with Gasteiger partial charge in [-0.3, -0.25) is 18.8 Å². The highest BCUT2D eigenvalue weighted by Crippen LogP contribution is 2.35. The number of carbonyl (C=O) groups excluding carboxylic acids is 2. The topological polar surface area (TPSA) is 98.8 Å². The van der Waals surface area contributed by atoms with Gasteiger partial charge in [-0.25, -0.2) is 8.42 Å². The Morgan fingerprint density at radius 2 is 1.86 bits per heavy atom. The predicted octanol–water partition coefficient (Wildman–Crippen LogP) is 3.92. The van der Waals surface area contributed by atoms with E-state index >= 15 is 0 Å². The highest BCUT2D eigenvalue weighted by Gasteiger charge is 2.30. The molecule has 1 saturated heterocycles. The number of nitrogens with zero attached hydrogens (tertiary/aromatic N) is 2. The Bertz CT molecular complexity index is 1330. The molecule has 0 spiro atoms. The summed E-state index contributed by atoms with van der Waals surface area (Å²) in [4.78, 5) is 27.5. The number of fused-ring (bicyclic) bond motifs is 1. The quantitative estimate of drug-likeness (QED) is 0.429. The van der Waals surface area contributed by atoms with Crippen molar-refractivity contribution in [3.8, 4) is 0 Å². The molecule has 5 rings (SSSR count). The molecular formula is C26H30N4O4S3. The summed E-state index contributed by atoms with van der Waals surface area (Å²) in [5, 5.41) is 11.4. The fourth-order valence-corrected chi connectivity index (χ4v) is 8.18. The van der Waals surface area contributed by atoms with Crippen LogP contribution in [0.15, 0.2) is 56.7 Å². The van der Waals surface area contributed by atoms with Crippen molar-refractivity contribution in [3.63, 3.8) is 0 Å². The standard InChI is InChI=1S/C26H30N4O4S3/c31-25(27-16-19-7-11-29(12-8-19)17-20-9-14-35-18-20)26(32)28-22-6-5-21-3-1-10-30(23(21)15-22)37(33,34)24-4-2-13-36-24/h2,4-6,9,13-15,18-19H,1,3,7-8,10-12,16-17H2,(H,27,31)(H,28,32). The highest BCUT2D eigenvalue weighted by molar-refractivity contribution is 7.94. The Labute approximate surface area is 225 Å². The van der Waals surface area contributed by atoms with Crippen LogP contribution in [0.5, 0.6) is 0 Å². The number of hydrogen-bond donors (Lipinski definition) is 2. The number of benzene rings is 1. The lowest BCUT2D eigenvalue weighted by molar-refractivity contribution is -0.136. The van der Waals surface area contributed by atoms with E-state index in [4.69, 9.17) is 0 Å². The molecule has 11 heteroatoms. The van der Waals surface area contributed by atoms with Crippen molar-refractivity contribution in [2.45, 2.75) is 36.4 Å². The van der Waals surface area contributed by atoms with Gasteiger partial charge in [-0.2, -0.15) is 11.3 Å². The molecule has 8 nitrogen and oxygen atoms in total. The van der Waals surface area contributed by atoms with Crippen LogP contribution >= 0.6 is 22.7 Å². The number of carbonyl (C=O) groups is 2. The molecule has 2 aliphatic rings. The molecule has 0 saturated carbocycles. The molecule has 0 atom stereocenters. The number of thiophene rings is 2. The summed E-state index contributed by atoms with van der Waals surface area (Å²) in [5.41, 5.74) is 3.18. The van der Waals surface area contributed by atoms with Crippen molar-refractivity contribution in [2.75, 3.05) is 35.8 Å². The number of amides is 2. The lowest BCUT2D eigenvalue weighted by atomic mass is 9.96. The van der Waals surface area contributed by atoms with Gasteiger partial charge in [0, 0.05) is 25.3 Å². The average Bonchev–Trinajstić information content (AvgIpc) is 3.63. The van der Waals surface area contributed by atoms with Crippen molar-refractivity contribution < 1.29 is 18.0 Å². The van der Waals surface area contributed by atoms with Crippen LogP contribution in [0.3, 0.4) is 0 Å². The van der Waals surface area contributed by atoms with Crippen LogP contribution < -0.4 is 14.9 Å². The summed E-state index contributed by atoms with van der Waals surface area (Å²) < 4.78 is 28.0. The number of sulfonamides is 1. The summed E-state index contributed by atoms with van der Waals surface area (Å²) in [6, 6.07) is 10.6. The zero-order valence-electron chi connectivity index (χ0n) is 20.4. The average molecular weight is 559 g/mol. The third kappa shape index (κ3) is 6.06. The van der Waals surface area contributed by atoms with Gasteiger partial charge in [0.1, 0.15) is 4.21 Å². The van der Waals surface area contributed by atoms with E-state index in [1.807, 2.05) is 6.07 Å². The normalized spacial score (nSPS) is 16.8. The van der Waals surface area contributed by atoms with Gasteiger partial charge in [0.2, 0.25) is 0 Å². The zero-order chi connectivity index (χ0) is 25.8. The second-order valence-corrected chi connectivity index (χ2v) is 13.3. The fraction of sp³-hybridized carbons (Fsp3) is 0.385. The van der Waals surface area contributed by atoms with Gasteiger partial charge in [0.05, 0.1) is 5.69 Å². The number of hydrogen-bond acceptors (Lipinski definition) is 7. The minimum Gasteiger partial charge on any atom is -0.348 e. The maximum atomic E-state index is 13.2. The van der Waals surface area contributed by atoms with Crippen LogP contribution in [0, 0.1) is 5.92 Å². The third-order valence-corrected chi connectivity index (χ3v) is 10.8. The molecule has 3 aromatic rings. The van der Waals surface area contributed by atoms with Crippen LogP contribution in [0.25, 0.3) is 0 Å². The van der Waals surface area contributed by atoms with Gasteiger partial charge >= 0.3 is 11.8 Å². The van der Waals surface area contributed by atoms with Gasteiger partial charge in [0.15, 0.2) is 0 Å². The first-order valence-electron chi connectivity index (χ1n) is 12.4. The first kappa shape index (κ1) is 25.9. The van der Waals surface area contributed by atoms with E-state index in [2.05, 4.69) is 32.4 Å². The molecule has 0 unspecified atom stereocenters.